The zero-order chi connectivity index (χ0) is 15.2. The van der Waals surface area contributed by atoms with Crippen molar-refractivity contribution in [2.45, 2.75) is 51.9 Å². The van der Waals surface area contributed by atoms with Gasteiger partial charge in [0.15, 0.2) is 0 Å². The van der Waals surface area contributed by atoms with Gasteiger partial charge < -0.3 is 11.1 Å². The van der Waals surface area contributed by atoms with Crippen LogP contribution in [0.3, 0.4) is 0 Å². The number of benzene rings is 1. The van der Waals surface area contributed by atoms with E-state index in [1.54, 1.807) is 0 Å². The second-order valence-corrected chi connectivity index (χ2v) is 7.00. The number of hydrogen-bond acceptors (Lipinski definition) is 2. The maximum atomic E-state index is 12.3. The number of rotatable bonds is 5. The minimum Gasteiger partial charge on any atom is -0.397 e. The second-order valence-electron chi connectivity index (χ2n) is 6.08. The fourth-order valence-electron chi connectivity index (χ4n) is 3.09. The summed E-state index contributed by atoms with van der Waals surface area (Å²) in [5.74, 6) is 1.09. The molecule has 0 bridgehead atoms. The lowest BCUT2D eigenvalue weighted by molar-refractivity contribution is -0.121. The van der Waals surface area contributed by atoms with E-state index in [0.29, 0.717) is 5.69 Å². The third-order valence-corrected chi connectivity index (χ3v) is 4.95. The number of anilines is 2. The van der Waals surface area contributed by atoms with Gasteiger partial charge in [-0.25, -0.2) is 0 Å². The van der Waals surface area contributed by atoms with Crippen molar-refractivity contribution in [2.75, 3.05) is 11.1 Å². The maximum Gasteiger partial charge on any atom is 0.227 e. The van der Waals surface area contributed by atoms with Crippen molar-refractivity contribution >= 4 is 33.2 Å². The number of carbonyl (C=O) groups is 1. The number of nitrogen functional groups attached to an aromatic ring is 1. The Morgan fingerprint density at radius 3 is 2.67 bits per heavy atom. The Morgan fingerprint density at radius 2 is 2.05 bits per heavy atom. The molecule has 0 aliphatic heterocycles. The smallest absolute Gasteiger partial charge is 0.227 e. The lowest BCUT2D eigenvalue weighted by Gasteiger charge is -2.27. The van der Waals surface area contributed by atoms with Gasteiger partial charge in [0.25, 0.3) is 0 Å². The lowest BCUT2D eigenvalue weighted by Crippen LogP contribution is -2.27. The molecule has 21 heavy (non-hydrogen) atoms. The first-order valence-corrected chi connectivity index (χ1v) is 8.75. The number of amides is 1. The van der Waals surface area contributed by atoms with Crippen molar-refractivity contribution in [3.05, 3.63) is 22.7 Å². The Kier molecular flexibility index (Phi) is 6.09. The first-order chi connectivity index (χ1) is 10.1. The molecule has 3 N–H and O–H groups in total. The van der Waals surface area contributed by atoms with Gasteiger partial charge in [0.2, 0.25) is 5.91 Å². The van der Waals surface area contributed by atoms with Crippen LogP contribution in [0.1, 0.15) is 51.9 Å². The van der Waals surface area contributed by atoms with E-state index >= 15 is 0 Å². The number of nitrogens with two attached hydrogens (primary N) is 1. The van der Waals surface area contributed by atoms with E-state index in [1.807, 2.05) is 18.2 Å². The van der Waals surface area contributed by atoms with Crippen LogP contribution in [0.4, 0.5) is 11.4 Å². The van der Waals surface area contributed by atoms with E-state index in [-0.39, 0.29) is 11.8 Å². The van der Waals surface area contributed by atoms with Gasteiger partial charge in [0.1, 0.15) is 0 Å². The number of carbonyl (C=O) groups excluding carboxylic acids is 1. The monoisotopic (exact) mass is 352 g/mol. The van der Waals surface area contributed by atoms with Crippen LogP contribution in [0.15, 0.2) is 22.7 Å². The Balaban J connectivity index is 1.84. The predicted octanol–water partition coefficient (Wildman–Crippen LogP) is 4.97. The van der Waals surface area contributed by atoms with Crippen LogP contribution in [0.2, 0.25) is 0 Å². The largest absolute Gasteiger partial charge is 0.397 e. The molecule has 1 aliphatic rings. The van der Waals surface area contributed by atoms with Gasteiger partial charge >= 0.3 is 0 Å². The molecule has 1 saturated carbocycles. The Morgan fingerprint density at radius 1 is 1.33 bits per heavy atom. The minimum atomic E-state index is 0.123. The van der Waals surface area contributed by atoms with Crippen LogP contribution in [0.25, 0.3) is 0 Å². The van der Waals surface area contributed by atoms with Crippen molar-refractivity contribution in [1.29, 1.82) is 0 Å². The molecule has 0 unspecified atom stereocenters. The molecular weight excluding hydrogens is 328 g/mol. The summed E-state index contributed by atoms with van der Waals surface area (Å²) >= 11 is 3.37. The molecule has 1 fully saturated rings. The highest BCUT2D eigenvalue weighted by Crippen LogP contribution is 2.33. The molecule has 116 valence electrons. The van der Waals surface area contributed by atoms with E-state index < -0.39 is 0 Å². The third-order valence-electron chi connectivity index (χ3n) is 4.45. The summed E-state index contributed by atoms with van der Waals surface area (Å²) < 4.78 is 0.925. The Labute approximate surface area is 135 Å². The fraction of sp³-hybridized carbons (Fsp3) is 0.588. The van der Waals surface area contributed by atoms with Crippen LogP contribution >= 0.6 is 15.9 Å². The van der Waals surface area contributed by atoms with Crippen molar-refractivity contribution in [2.24, 2.45) is 11.8 Å². The molecule has 0 atom stereocenters. The lowest BCUT2D eigenvalue weighted by atomic mass is 9.79. The molecule has 0 spiro atoms. The Hall–Kier alpha value is -1.03. The van der Waals surface area contributed by atoms with Gasteiger partial charge in [-0.15, -0.1) is 0 Å². The molecule has 1 amide bonds. The molecular formula is C17H25BrN2O. The van der Waals surface area contributed by atoms with Crippen LogP contribution in [0.5, 0.6) is 0 Å². The second kappa shape index (κ2) is 7.83. The van der Waals surface area contributed by atoms with Crippen molar-refractivity contribution in [3.63, 3.8) is 0 Å². The molecule has 1 aromatic rings. The first kappa shape index (κ1) is 16.3. The minimum absolute atomic E-state index is 0.123. The van der Waals surface area contributed by atoms with E-state index in [4.69, 9.17) is 5.73 Å². The number of hydrogen-bond donors (Lipinski definition) is 2. The van der Waals surface area contributed by atoms with Crippen LogP contribution in [0, 0.1) is 11.8 Å². The maximum absolute atomic E-state index is 12.3. The molecule has 0 saturated heterocycles. The van der Waals surface area contributed by atoms with Gasteiger partial charge in [0.05, 0.1) is 11.4 Å². The van der Waals surface area contributed by atoms with Crippen molar-refractivity contribution in [3.8, 4) is 0 Å². The predicted molar refractivity (Wildman–Crippen MR) is 92.2 cm³/mol. The third kappa shape index (κ3) is 4.73. The molecule has 1 aromatic carbocycles. The zero-order valence-corrected chi connectivity index (χ0v) is 14.3. The summed E-state index contributed by atoms with van der Waals surface area (Å²) in [5, 5.41) is 2.98. The highest BCUT2D eigenvalue weighted by atomic mass is 79.9. The summed E-state index contributed by atoms with van der Waals surface area (Å²) in [7, 11) is 0. The Bertz CT molecular complexity index is 482. The van der Waals surface area contributed by atoms with Gasteiger partial charge in [-0.3, -0.25) is 4.79 Å². The van der Waals surface area contributed by atoms with E-state index in [2.05, 4.69) is 28.2 Å². The average molecular weight is 353 g/mol. The van der Waals surface area contributed by atoms with Crippen molar-refractivity contribution < 1.29 is 4.79 Å². The van der Waals surface area contributed by atoms with Crippen molar-refractivity contribution in [1.82, 2.24) is 0 Å². The van der Waals surface area contributed by atoms with E-state index in [9.17, 15) is 4.79 Å². The van der Waals surface area contributed by atoms with E-state index in [0.717, 1.165) is 28.9 Å². The van der Waals surface area contributed by atoms with Crippen LogP contribution in [-0.2, 0) is 4.79 Å². The molecule has 0 aromatic heterocycles. The number of halogens is 1. The van der Waals surface area contributed by atoms with Gasteiger partial charge in [-0.1, -0.05) is 42.1 Å². The summed E-state index contributed by atoms with van der Waals surface area (Å²) in [6, 6.07) is 5.56. The zero-order valence-electron chi connectivity index (χ0n) is 12.7. The highest BCUT2D eigenvalue weighted by Gasteiger charge is 2.26. The molecule has 1 aliphatic carbocycles. The molecule has 0 heterocycles. The van der Waals surface area contributed by atoms with E-state index in [1.165, 1.54) is 32.1 Å². The van der Waals surface area contributed by atoms with Gasteiger partial charge in [0, 0.05) is 10.4 Å². The molecule has 0 radical (unpaired) electrons. The quantitative estimate of drug-likeness (QED) is 0.735. The normalized spacial score (nSPS) is 22.0. The molecule has 3 nitrogen and oxygen atoms in total. The summed E-state index contributed by atoms with van der Waals surface area (Å²) in [4.78, 5) is 12.3. The van der Waals surface area contributed by atoms with Gasteiger partial charge in [-0.05, 0) is 49.8 Å². The molecule has 4 heteroatoms. The first-order valence-electron chi connectivity index (χ1n) is 7.96. The topological polar surface area (TPSA) is 55.1 Å². The van der Waals surface area contributed by atoms with Crippen LogP contribution in [-0.4, -0.2) is 5.91 Å². The van der Waals surface area contributed by atoms with Gasteiger partial charge in [-0.2, -0.15) is 0 Å². The summed E-state index contributed by atoms with van der Waals surface area (Å²) in [6.45, 7) is 2.24. The molecule has 2 rings (SSSR count). The summed E-state index contributed by atoms with van der Waals surface area (Å²) in [6.07, 6.45) is 8.31. The average Bonchev–Trinajstić information content (AvgIpc) is 2.48. The number of unbranched alkanes of at least 4 members (excludes halogenated alkanes) is 1. The highest BCUT2D eigenvalue weighted by molar-refractivity contribution is 9.10. The summed E-state index contributed by atoms with van der Waals surface area (Å²) in [5.41, 5.74) is 7.26. The SMILES string of the molecule is CCCCC1CCC(C(=O)Nc2ccc(Br)cc2N)CC1. The van der Waals surface area contributed by atoms with Crippen LogP contribution < -0.4 is 11.1 Å². The fourth-order valence-corrected chi connectivity index (χ4v) is 3.47. The standard InChI is InChI=1S/C17H25BrN2O/c1-2-3-4-12-5-7-13(8-6-12)17(21)20-16-10-9-14(18)11-15(16)19/h9-13H,2-8,19H2,1H3,(H,20,21). The number of nitrogens with one attached hydrogen (secondary N) is 1.